The van der Waals surface area contributed by atoms with E-state index in [1.165, 1.54) is 0 Å². The van der Waals surface area contributed by atoms with Crippen LogP contribution in [-0.2, 0) is 14.4 Å². The molecule has 7 amide bonds. The number of imide groups is 3. The summed E-state index contributed by atoms with van der Waals surface area (Å²) in [6, 6.07) is -1.65. The topological polar surface area (TPSA) is 116 Å². The number of carbonyl (C=O) groups is 5. The molecule has 1 heterocycles. The van der Waals surface area contributed by atoms with Gasteiger partial charge in [-0.3, -0.25) is 24.6 Å². The van der Waals surface area contributed by atoms with Crippen LogP contribution in [0.4, 0.5) is 9.59 Å². The van der Waals surface area contributed by atoms with E-state index in [1.54, 1.807) is 0 Å². The Morgan fingerprint density at radius 1 is 0.885 bits per heavy atom. The van der Waals surface area contributed by atoms with Crippen molar-refractivity contribution in [3.8, 4) is 0 Å². The molecule has 1 saturated heterocycles. The molecule has 2 N–H and O–H groups in total. The third-order valence-corrected chi connectivity index (χ3v) is 5.27. The number of hydrogen-bond donors (Lipinski definition) is 2. The molecule has 3 rings (SSSR count). The molecule has 2 saturated carbocycles. The first-order valence-corrected chi connectivity index (χ1v) is 9.26. The van der Waals surface area contributed by atoms with E-state index in [4.69, 9.17) is 0 Å². The first kappa shape index (κ1) is 18.3. The molecule has 0 spiro atoms. The predicted molar refractivity (Wildman–Crippen MR) is 89.8 cm³/mol. The van der Waals surface area contributed by atoms with Gasteiger partial charge < -0.3 is 5.32 Å². The molecule has 0 unspecified atom stereocenters. The molecule has 2 aliphatic carbocycles. The summed E-state index contributed by atoms with van der Waals surface area (Å²) in [6.45, 7) is -0.634. The lowest BCUT2D eigenvalue weighted by molar-refractivity contribution is -0.144. The Hall–Kier alpha value is -2.45. The first-order valence-electron chi connectivity index (χ1n) is 9.26. The van der Waals surface area contributed by atoms with Crippen molar-refractivity contribution in [1.29, 1.82) is 0 Å². The van der Waals surface area contributed by atoms with Crippen LogP contribution >= 0.6 is 0 Å². The second-order valence-corrected chi connectivity index (χ2v) is 7.14. The van der Waals surface area contributed by atoms with Crippen LogP contribution in [0.1, 0.15) is 57.8 Å². The van der Waals surface area contributed by atoms with Crippen LogP contribution in [0.2, 0.25) is 0 Å². The van der Waals surface area contributed by atoms with E-state index in [2.05, 4.69) is 10.6 Å². The minimum atomic E-state index is -1.01. The van der Waals surface area contributed by atoms with Gasteiger partial charge in [0, 0.05) is 12.1 Å². The van der Waals surface area contributed by atoms with Gasteiger partial charge in [0.1, 0.15) is 6.54 Å². The summed E-state index contributed by atoms with van der Waals surface area (Å²) in [4.78, 5) is 62.0. The first-order chi connectivity index (χ1) is 12.5. The molecule has 3 aliphatic rings. The van der Waals surface area contributed by atoms with Gasteiger partial charge in [-0.25, -0.2) is 14.5 Å². The summed E-state index contributed by atoms with van der Waals surface area (Å²) in [5.74, 6) is -2.69. The number of rotatable bonds is 4. The summed E-state index contributed by atoms with van der Waals surface area (Å²) in [5.41, 5.74) is 0. The zero-order valence-electron chi connectivity index (χ0n) is 14.7. The Balaban J connectivity index is 1.53. The van der Waals surface area contributed by atoms with Crippen LogP contribution in [0.5, 0.6) is 0 Å². The molecule has 1 aliphatic heterocycles. The Kier molecular flexibility index (Phi) is 5.53. The molecular weight excluding hydrogens is 340 g/mol. The van der Waals surface area contributed by atoms with E-state index in [9.17, 15) is 24.0 Å². The number of nitrogens with zero attached hydrogens (tertiary/aromatic N) is 2. The third-order valence-electron chi connectivity index (χ3n) is 5.27. The number of amides is 7. The van der Waals surface area contributed by atoms with Gasteiger partial charge >= 0.3 is 23.9 Å². The van der Waals surface area contributed by atoms with Crippen molar-refractivity contribution in [3.63, 3.8) is 0 Å². The molecule has 26 heavy (non-hydrogen) atoms. The molecule has 0 radical (unpaired) electrons. The van der Waals surface area contributed by atoms with Crippen molar-refractivity contribution in [2.75, 3.05) is 6.54 Å². The molecule has 0 aromatic rings. The lowest BCUT2D eigenvalue weighted by Gasteiger charge is -2.23. The highest BCUT2D eigenvalue weighted by atomic mass is 16.2. The number of nitrogens with one attached hydrogen (secondary N) is 2. The fraction of sp³-hybridized carbons (Fsp3) is 0.706. The highest BCUT2D eigenvalue weighted by Gasteiger charge is 2.48. The predicted octanol–water partition coefficient (Wildman–Crippen LogP) is 0.878. The molecule has 0 aromatic heterocycles. The van der Waals surface area contributed by atoms with Gasteiger partial charge in [-0.1, -0.05) is 32.1 Å². The second-order valence-electron chi connectivity index (χ2n) is 7.14. The van der Waals surface area contributed by atoms with Gasteiger partial charge in [-0.2, -0.15) is 0 Å². The highest BCUT2D eigenvalue weighted by molar-refractivity contribution is 6.45. The van der Waals surface area contributed by atoms with E-state index in [0.717, 1.165) is 49.8 Å². The van der Waals surface area contributed by atoms with Crippen molar-refractivity contribution in [2.45, 2.75) is 69.9 Å². The monoisotopic (exact) mass is 364 g/mol. The summed E-state index contributed by atoms with van der Waals surface area (Å²) in [7, 11) is 0. The zero-order chi connectivity index (χ0) is 18.7. The maximum Gasteiger partial charge on any atom is 0.334 e. The smallest absolute Gasteiger partial charge is 0.334 e. The normalized spacial score (nSPS) is 22.2. The van der Waals surface area contributed by atoms with Gasteiger partial charge in [0.2, 0.25) is 5.91 Å². The largest absolute Gasteiger partial charge is 0.335 e. The molecule has 3 fully saturated rings. The lowest BCUT2D eigenvalue weighted by Crippen LogP contribution is -2.49. The maximum absolute atomic E-state index is 12.4. The van der Waals surface area contributed by atoms with E-state index < -0.39 is 36.3 Å². The summed E-state index contributed by atoms with van der Waals surface area (Å²) in [6.07, 6.45) is 8.11. The van der Waals surface area contributed by atoms with Crippen LogP contribution in [0.25, 0.3) is 0 Å². The van der Waals surface area contributed by atoms with Crippen molar-refractivity contribution in [2.24, 2.45) is 0 Å². The molecule has 9 nitrogen and oxygen atoms in total. The Labute approximate surface area is 151 Å². The van der Waals surface area contributed by atoms with E-state index >= 15 is 0 Å². The standard InChI is InChI=1S/C17H24N4O5/c22-13(19-16(25)18-11-6-2-1-3-7-11)10-20-14(23)15(24)21(17(20)26)12-8-4-5-9-12/h11-12H,1-10H2,(H2,18,19,22,25). The van der Waals surface area contributed by atoms with Gasteiger partial charge in [0.05, 0.1) is 0 Å². The van der Waals surface area contributed by atoms with Crippen LogP contribution in [0.15, 0.2) is 0 Å². The maximum atomic E-state index is 12.4. The fourth-order valence-electron chi connectivity index (χ4n) is 3.92. The summed E-state index contributed by atoms with van der Waals surface area (Å²) in [5, 5.41) is 4.85. The lowest BCUT2D eigenvalue weighted by atomic mass is 9.96. The van der Waals surface area contributed by atoms with Gasteiger partial charge in [-0.05, 0) is 25.7 Å². The number of carbonyl (C=O) groups excluding carboxylic acids is 5. The average Bonchev–Trinajstić information content (AvgIpc) is 3.19. The fourth-order valence-corrected chi connectivity index (χ4v) is 3.92. The van der Waals surface area contributed by atoms with Gasteiger partial charge in [0.25, 0.3) is 0 Å². The van der Waals surface area contributed by atoms with Crippen LogP contribution in [0.3, 0.4) is 0 Å². The van der Waals surface area contributed by atoms with Gasteiger partial charge in [0.15, 0.2) is 0 Å². The van der Waals surface area contributed by atoms with Crippen LogP contribution in [-0.4, -0.2) is 58.2 Å². The van der Waals surface area contributed by atoms with Crippen LogP contribution < -0.4 is 10.6 Å². The van der Waals surface area contributed by atoms with Crippen molar-refractivity contribution < 1.29 is 24.0 Å². The molecule has 0 bridgehead atoms. The van der Waals surface area contributed by atoms with Crippen molar-refractivity contribution >= 4 is 29.8 Å². The minimum Gasteiger partial charge on any atom is -0.335 e. The number of urea groups is 2. The molecule has 0 atom stereocenters. The molecular formula is C17H24N4O5. The SMILES string of the molecule is O=C(CN1C(=O)C(=O)N(C2CCCC2)C1=O)NC(=O)NC1CCCCC1. The van der Waals surface area contributed by atoms with E-state index in [-0.39, 0.29) is 12.1 Å². The van der Waals surface area contributed by atoms with Crippen molar-refractivity contribution in [3.05, 3.63) is 0 Å². The minimum absolute atomic E-state index is 0.0334. The zero-order valence-corrected chi connectivity index (χ0v) is 14.7. The highest BCUT2D eigenvalue weighted by Crippen LogP contribution is 2.27. The molecule has 142 valence electrons. The van der Waals surface area contributed by atoms with Crippen molar-refractivity contribution in [1.82, 2.24) is 20.4 Å². The molecule has 9 heteroatoms. The molecule has 0 aromatic carbocycles. The quantitative estimate of drug-likeness (QED) is 0.567. The average molecular weight is 364 g/mol. The van der Waals surface area contributed by atoms with E-state index in [0.29, 0.717) is 17.7 Å². The van der Waals surface area contributed by atoms with E-state index in [1.807, 2.05) is 0 Å². The summed E-state index contributed by atoms with van der Waals surface area (Å²) >= 11 is 0. The van der Waals surface area contributed by atoms with Crippen LogP contribution in [0, 0.1) is 0 Å². The van der Waals surface area contributed by atoms with Gasteiger partial charge in [-0.15, -0.1) is 0 Å². The second kappa shape index (κ2) is 7.84. The third kappa shape index (κ3) is 3.86. The summed E-state index contributed by atoms with van der Waals surface area (Å²) < 4.78 is 0. The Bertz CT molecular complexity index is 623. The number of hydrogen-bond acceptors (Lipinski definition) is 5. The Morgan fingerprint density at radius 3 is 2.15 bits per heavy atom. The Morgan fingerprint density at radius 2 is 1.50 bits per heavy atom.